The zero-order chi connectivity index (χ0) is 43.6. The van der Waals surface area contributed by atoms with Crippen LogP contribution in [0.25, 0.3) is 0 Å². The second-order valence-electron chi connectivity index (χ2n) is 12.9. The molecule has 1 aliphatic rings. The maximum Gasteiger partial charge on any atom is 0.314 e. The minimum atomic E-state index is -0.115. The average molecular weight is 753 g/mol. The summed E-state index contributed by atoms with van der Waals surface area (Å²) in [5, 5.41) is 8.55. The van der Waals surface area contributed by atoms with E-state index in [0.717, 1.165) is 62.8 Å². The highest BCUT2D eigenvalue weighted by atomic mass is 16.2. The fourth-order valence-electron chi connectivity index (χ4n) is 2.93. The highest BCUT2D eigenvalue weighted by Gasteiger charge is 2.24. The number of nitrogens with zero attached hydrogens (tertiary/aromatic N) is 1. The lowest BCUT2D eigenvalue weighted by molar-refractivity contribution is -0.117. The minimum Gasteiger partial charge on any atom is -0.348 e. The standard InChI is InChI=1S/C14H22N2O.C7H13NO2.C5H8.C4H11N.3C4H10.2C2H6/c1-5-11-7-8-13(9-12(11)6-2)10(3)16-14(17)15-4;1-8(7-10)5-3-2-4-6-9;1-4-5(2)3;1-4(2)5-3;1-4(2)3;2*1-3-4-2;2*1-2/h5-6,10,13H,1-2,7-9H2,3-4H3,(H2,15,16,17);6-7H,2-5H2,1H3;4H,1-2H2,3H3;4-5H,1-3H3;4H,1-3H3;2*3-4H2,1-2H3;2*1-2H3. The SMILES string of the molecule is C=CC(=C)C.C=CC1=C(C=C)CC(C(C)NC(=O)NC)CC1.CC.CC.CC(C)C.CCCC.CCCC.CN(C=O)CCCCC=O.CNC(C)C. The number of hydrogen-bond acceptors (Lipinski definition) is 4. The number of nitrogens with one attached hydrogen (secondary N) is 3. The molecule has 0 bridgehead atoms. The number of amides is 3. The summed E-state index contributed by atoms with van der Waals surface area (Å²) in [4.78, 5) is 32.7. The third kappa shape index (κ3) is 75.0. The van der Waals surface area contributed by atoms with Crippen molar-refractivity contribution >= 4 is 18.7 Å². The number of aldehydes is 1. The lowest BCUT2D eigenvalue weighted by atomic mass is 9.80. The number of hydrogen-bond donors (Lipinski definition) is 3. The van der Waals surface area contributed by atoms with Crippen molar-refractivity contribution in [2.75, 3.05) is 27.7 Å². The molecule has 3 amide bonds. The molecule has 0 aliphatic heterocycles. The van der Waals surface area contributed by atoms with Crippen LogP contribution in [0.3, 0.4) is 0 Å². The predicted molar refractivity (Wildman–Crippen MR) is 244 cm³/mol. The topological polar surface area (TPSA) is 90.5 Å². The number of carbonyl (C=O) groups excluding carboxylic acids is 3. The zero-order valence-electron chi connectivity index (χ0n) is 39.0. The third-order valence-electron chi connectivity index (χ3n) is 6.65. The van der Waals surface area contributed by atoms with Gasteiger partial charge in [0.1, 0.15) is 6.29 Å². The van der Waals surface area contributed by atoms with Crippen molar-refractivity contribution in [2.24, 2.45) is 11.8 Å². The van der Waals surface area contributed by atoms with Gasteiger partial charge in [-0.25, -0.2) is 4.79 Å². The molecule has 0 aromatic rings. The molecular weight excluding hydrogens is 657 g/mol. The van der Waals surface area contributed by atoms with E-state index in [-0.39, 0.29) is 12.1 Å². The summed E-state index contributed by atoms with van der Waals surface area (Å²) >= 11 is 0. The van der Waals surface area contributed by atoms with E-state index in [4.69, 9.17) is 0 Å². The Hall–Kier alpha value is -2.93. The first kappa shape index (κ1) is 68.1. The Balaban J connectivity index is -0.0000000803. The van der Waals surface area contributed by atoms with Crippen LogP contribution in [0.2, 0.25) is 0 Å². The zero-order valence-corrected chi connectivity index (χ0v) is 39.0. The molecule has 0 spiro atoms. The normalized spacial score (nSPS) is 12.2. The van der Waals surface area contributed by atoms with Gasteiger partial charge in [0.25, 0.3) is 0 Å². The molecule has 2 unspecified atom stereocenters. The van der Waals surface area contributed by atoms with Gasteiger partial charge in [0, 0.05) is 39.1 Å². The Morgan fingerprint density at radius 2 is 1.23 bits per heavy atom. The minimum absolute atomic E-state index is 0.115. The van der Waals surface area contributed by atoms with E-state index in [1.54, 1.807) is 25.1 Å². The largest absolute Gasteiger partial charge is 0.348 e. The van der Waals surface area contributed by atoms with Gasteiger partial charge in [0.2, 0.25) is 6.41 Å². The molecule has 7 nitrogen and oxygen atoms in total. The van der Waals surface area contributed by atoms with Crippen molar-refractivity contribution in [1.29, 1.82) is 0 Å². The molecule has 0 heterocycles. The molecule has 0 radical (unpaired) electrons. The van der Waals surface area contributed by atoms with Gasteiger partial charge in [-0.2, -0.15) is 0 Å². The number of urea groups is 1. The third-order valence-corrected chi connectivity index (χ3v) is 6.65. The van der Waals surface area contributed by atoms with Crippen LogP contribution in [0, 0.1) is 11.8 Å². The first-order chi connectivity index (χ1) is 25.0. The summed E-state index contributed by atoms with van der Waals surface area (Å²) in [7, 11) is 5.31. The van der Waals surface area contributed by atoms with Gasteiger partial charge in [0.15, 0.2) is 0 Å². The van der Waals surface area contributed by atoms with Gasteiger partial charge in [-0.05, 0) is 76.0 Å². The van der Waals surface area contributed by atoms with E-state index in [9.17, 15) is 14.4 Å². The van der Waals surface area contributed by atoms with Gasteiger partial charge in [0.05, 0.1) is 0 Å². The summed E-state index contributed by atoms with van der Waals surface area (Å²) in [6.45, 7) is 46.8. The Labute approximate surface area is 334 Å². The second kappa shape index (κ2) is 61.1. The van der Waals surface area contributed by atoms with Crippen molar-refractivity contribution in [1.82, 2.24) is 20.9 Å². The first-order valence-electron chi connectivity index (χ1n) is 20.5. The molecule has 7 heteroatoms. The van der Waals surface area contributed by atoms with E-state index >= 15 is 0 Å². The van der Waals surface area contributed by atoms with Crippen LogP contribution in [-0.4, -0.2) is 63.4 Å². The quantitative estimate of drug-likeness (QED) is 0.0936. The Morgan fingerprint density at radius 1 is 0.830 bits per heavy atom. The molecule has 1 aliphatic carbocycles. The van der Waals surface area contributed by atoms with Gasteiger partial charge in [-0.15, -0.1) is 0 Å². The van der Waals surface area contributed by atoms with E-state index in [1.165, 1.54) is 36.8 Å². The number of carbonyl (C=O) groups is 3. The lowest BCUT2D eigenvalue weighted by Gasteiger charge is -2.30. The Bertz CT molecular complexity index is 809. The van der Waals surface area contributed by atoms with Crippen molar-refractivity contribution in [3.63, 3.8) is 0 Å². The predicted octanol–water partition coefficient (Wildman–Crippen LogP) is 12.9. The van der Waals surface area contributed by atoms with E-state index in [2.05, 4.69) is 112 Å². The maximum absolute atomic E-state index is 11.3. The maximum atomic E-state index is 11.3. The summed E-state index contributed by atoms with van der Waals surface area (Å²) in [5.74, 6) is 1.31. The average Bonchev–Trinajstić information content (AvgIpc) is 3.18. The van der Waals surface area contributed by atoms with Gasteiger partial charge in [-0.1, -0.05) is 166 Å². The second-order valence-corrected chi connectivity index (χ2v) is 12.9. The van der Waals surface area contributed by atoms with Crippen LogP contribution < -0.4 is 16.0 Å². The molecule has 53 heavy (non-hydrogen) atoms. The fourth-order valence-corrected chi connectivity index (χ4v) is 2.93. The monoisotopic (exact) mass is 753 g/mol. The summed E-state index contributed by atoms with van der Waals surface area (Å²) in [6.07, 6.45) is 18.0. The molecule has 1 rings (SSSR count). The highest BCUT2D eigenvalue weighted by molar-refractivity contribution is 5.73. The van der Waals surface area contributed by atoms with Crippen molar-refractivity contribution in [3.05, 3.63) is 61.3 Å². The molecule has 0 saturated carbocycles. The van der Waals surface area contributed by atoms with Crippen LogP contribution in [0.4, 0.5) is 4.79 Å². The summed E-state index contributed by atoms with van der Waals surface area (Å²) in [6, 6.07) is 0.697. The van der Waals surface area contributed by atoms with Crippen molar-refractivity contribution in [3.8, 4) is 0 Å². The Kier molecular flexibility index (Phi) is 78.6. The Morgan fingerprint density at radius 3 is 1.49 bits per heavy atom. The molecule has 318 valence electrons. The van der Waals surface area contributed by atoms with Crippen LogP contribution in [0.15, 0.2) is 61.3 Å². The molecule has 0 fully saturated rings. The fraction of sp³-hybridized carbons (Fsp3) is 0.717. The van der Waals surface area contributed by atoms with Crippen LogP contribution in [-0.2, 0) is 9.59 Å². The van der Waals surface area contributed by atoms with Crippen LogP contribution in [0.1, 0.15) is 168 Å². The van der Waals surface area contributed by atoms with Crippen molar-refractivity contribution in [2.45, 2.75) is 180 Å². The van der Waals surface area contributed by atoms with Gasteiger partial charge < -0.3 is 25.6 Å². The molecular formula is C46H96N4O3. The van der Waals surface area contributed by atoms with E-state index in [0.29, 0.717) is 18.4 Å². The smallest absolute Gasteiger partial charge is 0.314 e. The number of rotatable bonds is 14. The number of unbranched alkanes of at least 4 members (excludes halogenated alkanes) is 4. The molecule has 0 aromatic carbocycles. The molecule has 0 saturated heterocycles. The van der Waals surface area contributed by atoms with Gasteiger partial charge >= 0.3 is 6.03 Å². The van der Waals surface area contributed by atoms with E-state index in [1.807, 2.05) is 53.8 Å². The molecule has 0 aromatic heterocycles. The summed E-state index contributed by atoms with van der Waals surface area (Å²) in [5.41, 5.74) is 3.58. The van der Waals surface area contributed by atoms with E-state index < -0.39 is 0 Å². The number of allylic oxidation sites excluding steroid dienone is 6. The first-order valence-corrected chi connectivity index (χ1v) is 20.5. The molecule has 2 atom stereocenters. The van der Waals surface area contributed by atoms with Gasteiger partial charge in [-0.3, -0.25) is 4.79 Å². The van der Waals surface area contributed by atoms with Crippen molar-refractivity contribution < 1.29 is 14.4 Å². The highest BCUT2D eigenvalue weighted by Crippen LogP contribution is 2.32. The summed E-state index contributed by atoms with van der Waals surface area (Å²) < 4.78 is 0. The molecule has 3 N–H and O–H groups in total. The lowest BCUT2D eigenvalue weighted by Crippen LogP contribution is -2.43. The van der Waals surface area contributed by atoms with Crippen LogP contribution in [0.5, 0.6) is 0 Å². The van der Waals surface area contributed by atoms with Crippen LogP contribution >= 0.6 is 0 Å².